The number of sulfonamides is 1. The van der Waals surface area contributed by atoms with Crippen LogP contribution in [0.15, 0.2) is 23.1 Å². The molecule has 1 aliphatic rings. The van der Waals surface area contributed by atoms with Gasteiger partial charge in [-0.2, -0.15) is 0 Å². The van der Waals surface area contributed by atoms with E-state index in [0.717, 1.165) is 4.31 Å². The van der Waals surface area contributed by atoms with E-state index < -0.39 is 27.4 Å². The summed E-state index contributed by atoms with van der Waals surface area (Å²) in [5.74, 6) is -1.06. The zero-order valence-electron chi connectivity index (χ0n) is 13.8. The molecule has 1 aromatic rings. The third-order valence-corrected chi connectivity index (χ3v) is 5.29. The van der Waals surface area contributed by atoms with E-state index >= 15 is 0 Å². The minimum absolute atomic E-state index is 0.0572. The number of nitrogens with two attached hydrogens (primary N) is 1. The van der Waals surface area contributed by atoms with Crippen LogP contribution in [0, 0.1) is 0 Å². The zero-order chi connectivity index (χ0) is 18.1. The van der Waals surface area contributed by atoms with Crippen LogP contribution in [0.2, 0.25) is 0 Å². The van der Waals surface area contributed by atoms with Crippen molar-refractivity contribution < 1.29 is 22.7 Å². The Hall–Kier alpha value is -1.97. The molecule has 9 heteroatoms. The Labute approximate surface area is 141 Å². The van der Waals surface area contributed by atoms with Gasteiger partial charge in [-0.15, -0.1) is 0 Å². The number of nitrogens with zero attached hydrogens (tertiary/aromatic N) is 1. The molecule has 0 spiro atoms. The van der Waals surface area contributed by atoms with E-state index in [2.05, 4.69) is 5.32 Å². The normalized spacial score (nSPS) is 16.2. The van der Waals surface area contributed by atoms with Gasteiger partial charge in [-0.1, -0.05) is 0 Å². The third kappa shape index (κ3) is 3.58. The van der Waals surface area contributed by atoms with Gasteiger partial charge in [0.05, 0.1) is 18.7 Å². The van der Waals surface area contributed by atoms with Crippen molar-refractivity contribution in [2.75, 3.05) is 26.8 Å². The minimum atomic E-state index is -3.97. The van der Waals surface area contributed by atoms with Gasteiger partial charge >= 0.3 is 0 Å². The molecule has 0 aliphatic carbocycles. The highest BCUT2D eigenvalue weighted by atomic mass is 32.2. The summed E-state index contributed by atoms with van der Waals surface area (Å²) in [6.07, 6.45) is 0. The molecule has 0 atom stereocenters. The topological polar surface area (TPSA) is 119 Å². The molecule has 2 rings (SSSR count). The molecule has 8 nitrogen and oxygen atoms in total. The molecule has 1 aliphatic heterocycles. The van der Waals surface area contributed by atoms with Crippen molar-refractivity contribution in [3.63, 3.8) is 0 Å². The third-order valence-electron chi connectivity index (χ3n) is 3.47. The summed E-state index contributed by atoms with van der Waals surface area (Å²) in [7, 11) is -2.55. The Morgan fingerprint density at radius 2 is 2.04 bits per heavy atom. The van der Waals surface area contributed by atoms with Gasteiger partial charge in [0, 0.05) is 24.8 Å². The molecule has 1 aromatic carbocycles. The average molecular weight is 355 g/mol. The van der Waals surface area contributed by atoms with Crippen LogP contribution in [0.5, 0.6) is 0 Å². The van der Waals surface area contributed by atoms with Crippen LogP contribution in [0.25, 0.3) is 0 Å². The fourth-order valence-electron chi connectivity index (χ4n) is 2.22. The summed E-state index contributed by atoms with van der Waals surface area (Å²) in [6, 6.07) is 3.99. The van der Waals surface area contributed by atoms with Crippen molar-refractivity contribution in [2.45, 2.75) is 24.3 Å². The number of nitrogens with one attached hydrogen (secondary N) is 1. The molecule has 1 heterocycles. The highest BCUT2D eigenvalue weighted by molar-refractivity contribution is 7.90. The number of carbonyl (C=O) groups is 2. The van der Waals surface area contributed by atoms with E-state index in [1.54, 1.807) is 13.8 Å². The number of rotatable bonds is 6. The van der Waals surface area contributed by atoms with Crippen LogP contribution in [0.1, 0.15) is 34.6 Å². The van der Waals surface area contributed by atoms with E-state index in [-0.39, 0.29) is 35.7 Å². The largest absolute Gasteiger partial charge is 0.383 e. The SMILES string of the molecule is COCCN1C(=O)c2ccc(C(=O)NCC(C)(C)N)cc2S1(=O)=O. The lowest BCUT2D eigenvalue weighted by molar-refractivity contribution is 0.0835. The predicted octanol–water partition coefficient (Wildman–Crippen LogP) is -0.0554. The molecule has 0 saturated carbocycles. The quantitative estimate of drug-likeness (QED) is 0.738. The predicted molar refractivity (Wildman–Crippen MR) is 87.1 cm³/mol. The lowest BCUT2D eigenvalue weighted by Gasteiger charge is -2.18. The Bertz CT molecular complexity index is 768. The van der Waals surface area contributed by atoms with Crippen molar-refractivity contribution in [2.24, 2.45) is 5.73 Å². The molecule has 24 heavy (non-hydrogen) atoms. The van der Waals surface area contributed by atoms with Gasteiger partial charge in [-0.3, -0.25) is 9.59 Å². The van der Waals surface area contributed by atoms with Crippen LogP contribution < -0.4 is 11.1 Å². The van der Waals surface area contributed by atoms with Crippen LogP contribution in [0.4, 0.5) is 0 Å². The molecule has 2 amide bonds. The summed E-state index contributed by atoms with van der Waals surface area (Å²) in [5.41, 5.74) is 5.43. The Balaban J connectivity index is 2.30. The molecular weight excluding hydrogens is 334 g/mol. The first kappa shape index (κ1) is 18.4. The van der Waals surface area contributed by atoms with Crippen LogP contribution in [-0.2, 0) is 14.8 Å². The van der Waals surface area contributed by atoms with E-state index in [9.17, 15) is 18.0 Å². The lowest BCUT2D eigenvalue weighted by atomic mass is 10.1. The maximum Gasteiger partial charge on any atom is 0.269 e. The number of amides is 2. The van der Waals surface area contributed by atoms with Gasteiger partial charge in [-0.05, 0) is 32.0 Å². The molecule has 132 valence electrons. The van der Waals surface area contributed by atoms with Crippen molar-refractivity contribution in [1.29, 1.82) is 0 Å². The van der Waals surface area contributed by atoms with E-state index in [1.165, 1.54) is 25.3 Å². The molecule has 0 saturated heterocycles. The fourth-order valence-corrected chi connectivity index (χ4v) is 3.80. The number of ether oxygens (including phenoxy) is 1. The Kier molecular flexibility index (Phi) is 4.97. The molecule has 0 bridgehead atoms. The summed E-state index contributed by atoms with van der Waals surface area (Å²) < 4.78 is 30.6. The Morgan fingerprint density at radius 1 is 1.38 bits per heavy atom. The van der Waals surface area contributed by atoms with Crippen molar-refractivity contribution >= 4 is 21.8 Å². The number of hydrogen-bond acceptors (Lipinski definition) is 6. The summed E-state index contributed by atoms with van der Waals surface area (Å²) in [6.45, 7) is 3.77. The molecular formula is C15H21N3O5S. The summed E-state index contributed by atoms with van der Waals surface area (Å²) in [5, 5.41) is 2.64. The van der Waals surface area contributed by atoms with Gasteiger partial charge in [-0.25, -0.2) is 12.7 Å². The summed E-state index contributed by atoms with van der Waals surface area (Å²) >= 11 is 0. The van der Waals surface area contributed by atoms with Crippen LogP contribution in [-0.4, -0.2) is 56.9 Å². The minimum Gasteiger partial charge on any atom is -0.383 e. The smallest absolute Gasteiger partial charge is 0.269 e. The first-order valence-corrected chi connectivity index (χ1v) is 8.79. The number of benzene rings is 1. The maximum absolute atomic E-state index is 12.5. The van der Waals surface area contributed by atoms with Crippen LogP contribution >= 0.6 is 0 Å². The highest BCUT2D eigenvalue weighted by Crippen LogP contribution is 2.30. The highest BCUT2D eigenvalue weighted by Gasteiger charge is 2.41. The van der Waals surface area contributed by atoms with E-state index in [4.69, 9.17) is 10.5 Å². The van der Waals surface area contributed by atoms with Gasteiger partial charge in [0.25, 0.3) is 21.8 Å². The molecule has 0 radical (unpaired) electrons. The van der Waals surface area contributed by atoms with Crippen molar-refractivity contribution in [3.05, 3.63) is 29.3 Å². The van der Waals surface area contributed by atoms with Crippen LogP contribution in [0.3, 0.4) is 0 Å². The molecule has 3 N–H and O–H groups in total. The summed E-state index contributed by atoms with van der Waals surface area (Å²) in [4.78, 5) is 24.2. The first-order chi connectivity index (χ1) is 11.1. The average Bonchev–Trinajstić information content (AvgIpc) is 2.69. The molecule has 0 aromatic heterocycles. The van der Waals surface area contributed by atoms with Gasteiger partial charge < -0.3 is 15.8 Å². The fraction of sp³-hybridized carbons (Fsp3) is 0.467. The zero-order valence-corrected chi connectivity index (χ0v) is 14.6. The van der Waals surface area contributed by atoms with Crippen molar-refractivity contribution in [1.82, 2.24) is 9.62 Å². The Morgan fingerprint density at radius 3 is 2.62 bits per heavy atom. The molecule has 0 unspecified atom stereocenters. The standard InChI is InChI=1S/C15H21N3O5S/c1-15(2,16)9-17-13(19)10-4-5-11-12(8-10)24(21,22)18(14(11)20)6-7-23-3/h4-5,8H,6-7,9,16H2,1-3H3,(H,17,19). The second-order valence-corrected chi connectivity index (χ2v) is 8.09. The first-order valence-electron chi connectivity index (χ1n) is 7.35. The lowest BCUT2D eigenvalue weighted by Crippen LogP contribution is -2.45. The second kappa shape index (κ2) is 6.50. The van der Waals surface area contributed by atoms with Crippen molar-refractivity contribution in [3.8, 4) is 0 Å². The number of fused-ring (bicyclic) bond motifs is 1. The molecule has 0 fully saturated rings. The van der Waals surface area contributed by atoms with Gasteiger partial charge in [0.15, 0.2) is 0 Å². The maximum atomic E-state index is 12.5. The van der Waals surface area contributed by atoms with Gasteiger partial charge in [0.1, 0.15) is 4.90 Å². The number of hydrogen-bond donors (Lipinski definition) is 2. The number of methoxy groups -OCH3 is 1. The second-order valence-electron chi connectivity index (χ2n) is 6.26. The van der Waals surface area contributed by atoms with Gasteiger partial charge in [0.2, 0.25) is 0 Å². The number of carbonyl (C=O) groups excluding carboxylic acids is 2. The van der Waals surface area contributed by atoms with E-state index in [1.807, 2.05) is 0 Å². The monoisotopic (exact) mass is 355 g/mol. The van der Waals surface area contributed by atoms with E-state index in [0.29, 0.717) is 0 Å².